The van der Waals surface area contributed by atoms with Crippen LogP contribution in [0.3, 0.4) is 0 Å². The molecule has 0 saturated carbocycles. The van der Waals surface area contributed by atoms with Gasteiger partial charge in [0, 0.05) is 6.21 Å². The van der Waals surface area contributed by atoms with Crippen LogP contribution in [0.4, 0.5) is 5.95 Å². The first-order valence-corrected chi connectivity index (χ1v) is 4.18. The molecule has 0 fully saturated rings. The number of hydrogen-bond acceptors (Lipinski definition) is 3. The van der Waals surface area contributed by atoms with Gasteiger partial charge in [0.1, 0.15) is 0 Å². The fraction of sp³-hybridized carbons (Fsp3) is 0.111. The molecule has 2 heterocycles. The number of fused-ring (bicyclic) bond motifs is 3. The van der Waals surface area contributed by atoms with E-state index >= 15 is 0 Å². The Morgan fingerprint density at radius 2 is 2.23 bits per heavy atom. The SMILES string of the molecule is C1=NNc2nc3ccccc3n2C1. The highest BCUT2D eigenvalue weighted by Crippen LogP contribution is 2.20. The van der Waals surface area contributed by atoms with Crippen molar-refractivity contribution in [1.29, 1.82) is 0 Å². The lowest BCUT2D eigenvalue weighted by atomic mass is 10.3. The van der Waals surface area contributed by atoms with E-state index in [0.717, 1.165) is 23.5 Å². The van der Waals surface area contributed by atoms with Crippen LogP contribution >= 0.6 is 0 Å². The third-order valence-corrected chi connectivity index (χ3v) is 2.17. The van der Waals surface area contributed by atoms with Gasteiger partial charge >= 0.3 is 0 Å². The van der Waals surface area contributed by atoms with Gasteiger partial charge in [-0.3, -0.25) is 0 Å². The highest BCUT2D eigenvalue weighted by molar-refractivity contribution is 5.81. The fourth-order valence-corrected chi connectivity index (χ4v) is 1.57. The summed E-state index contributed by atoms with van der Waals surface area (Å²) in [5, 5.41) is 3.96. The van der Waals surface area contributed by atoms with Gasteiger partial charge < -0.3 is 4.57 Å². The quantitative estimate of drug-likeness (QED) is 0.653. The summed E-state index contributed by atoms with van der Waals surface area (Å²) in [4.78, 5) is 4.39. The second-order valence-electron chi connectivity index (χ2n) is 2.96. The van der Waals surface area contributed by atoms with Crippen molar-refractivity contribution in [2.45, 2.75) is 6.54 Å². The number of imidazole rings is 1. The minimum atomic E-state index is 0.794. The van der Waals surface area contributed by atoms with Gasteiger partial charge in [-0.15, -0.1) is 0 Å². The summed E-state index contributed by atoms with van der Waals surface area (Å²) in [6, 6.07) is 8.07. The van der Waals surface area contributed by atoms with Crippen molar-refractivity contribution in [2.24, 2.45) is 5.10 Å². The molecule has 2 aromatic rings. The summed E-state index contributed by atoms with van der Waals surface area (Å²) in [6.45, 7) is 0.794. The topological polar surface area (TPSA) is 42.2 Å². The molecular formula is C9H8N4. The molecule has 0 spiro atoms. The van der Waals surface area contributed by atoms with Crippen LogP contribution in [-0.2, 0) is 6.54 Å². The van der Waals surface area contributed by atoms with Gasteiger partial charge in [-0.05, 0) is 12.1 Å². The lowest BCUT2D eigenvalue weighted by Gasteiger charge is -2.08. The van der Waals surface area contributed by atoms with Crippen molar-refractivity contribution in [3.8, 4) is 0 Å². The van der Waals surface area contributed by atoms with E-state index in [9.17, 15) is 0 Å². The molecule has 0 bridgehead atoms. The van der Waals surface area contributed by atoms with Crippen LogP contribution in [-0.4, -0.2) is 15.8 Å². The minimum absolute atomic E-state index is 0.794. The number of nitrogens with zero attached hydrogens (tertiary/aromatic N) is 3. The molecule has 0 amide bonds. The fourth-order valence-electron chi connectivity index (χ4n) is 1.57. The highest BCUT2D eigenvalue weighted by atomic mass is 15.4. The second kappa shape index (κ2) is 2.32. The van der Waals surface area contributed by atoms with E-state index in [0.29, 0.717) is 0 Å². The van der Waals surface area contributed by atoms with Crippen molar-refractivity contribution in [3.05, 3.63) is 24.3 Å². The number of rotatable bonds is 0. The van der Waals surface area contributed by atoms with Crippen molar-refractivity contribution in [3.63, 3.8) is 0 Å². The van der Waals surface area contributed by atoms with Gasteiger partial charge in [-0.2, -0.15) is 5.10 Å². The maximum atomic E-state index is 4.39. The van der Waals surface area contributed by atoms with E-state index in [4.69, 9.17) is 0 Å². The van der Waals surface area contributed by atoms with Crippen molar-refractivity contribution in [2.75, 3.05) is 5.43 Å². The van der Waals surface area contributed by atoms with E-state index in [1.807, 2.05) is 24.4 Å². The lowest BCUT2D eigenvalue weighted by molar-refractivity contribution is 0.867. The molecule has 4 nitrogen and oxygen atoms in total. The molecule has 0 saturated heterocycles. The molecule has 0 aliphatic carbocycles. The van der Waals surface area contributed by atoms with E-state index in [2.05, 4.69) is 26.1 Å². The molecule has 1 aliphatic rings. The Morgan fingerprint density at radius 3 is 3.23 bits per heavy atom. The van der Waals surface area contributed by atoms with E-state index < -0.39 is 0 Å². The third kappa shape index (κ3) is 0.853. The van der Waals surface area contributed by atoms with Crippen LogP contribution in [0, 0.1) is 0 Å². The summed E-state index contributed by atoms with van der Waals surface area (Å²) < 4.78 is 2.10. The normalized spacial score (nSPS) is 14.2. The van der Waals surface area contributed by atoms with E-state index in [1.54, 1.807) is 0 Å². The molecule has 0 atom stereocenters. The molecule has 0 unspecified atom stereocenters. The number of para-hydroxylation sites is 2. The first-order chi connectivity index (χ1) is 6.45. The van der Waals surface area contributed by atoms with Crippen molar-refractivity contribution in [1.82, 2.24) is 9.55 Å². The zero-order valence-electron chi connectivity index (χ0n) is 6.94. The van der Waals surface area contributed by atoms with Crippen LogP contribution in [0.2, 0.25) is 0 Å². The first kappa shape index (κ1) is 6.65. The van der Waals surface area contributed by atoms with Gasteiger partial charge in [0.25, 0.3) is 0 Å². The van der Waals surface area contributed by atoms with Crippen molar-refractivity contribution >= 4 is 23.2 Å². The first-order valence-electron chi connectivity index (χ1n) is 4.18. The number of hydrazone groups is 1. The lowest BCUT2D eigenvalue weighted by Crippen LogP contribution is -2.10. The molecule has 1 aromatic heterocycles. The van der Waals surface area contributed by atoms with Crippen LogP contribution in [0.1, 0.15) is 0 Å². The zero-order valence-corrected chi connectivity index (χ0v) is 6.94. The predicted molar refractivity (Wildman–Crippen MR) is 51.8 cm³/mol. The third-order valence-electron chi connectivity index (χ3n) is 2.17. The van der Waals surface area contributed by atoms with Crippen LogP contribution < -0.4 is 5.43 Å². The summed E-state index contributed by atoms with van der Waals surface area (Å²) in [5.41, 5.74) is 5.03. The summed E-state index contributed by atoms with van der Waals surface area (Å²) in [7, 11) is 0. The molecule has 1 N–H and O–H groups in total. The smallest absolute Gasteiger partial charge is 0.225 e. The summed E-state index contributed by atoms with van der Waals surface area (Å²) in [6.07, 6.45) is 1.83. The zero-order chi connectivity index (χ0) is 8.67. The van der Waals surface area contributed by atoms with Gasteiger partial charge in [-0.1, -0.05) is 12.1 Å². The predicted octanol–water partition coefficient (Wildman–Crippen LogP) is 1.45. The Labute approximate surface area is 74.9 Å². The average Bonchev–Trinajstić information content (AvgIpc) is 2.56. The van der Waals surface area contributed by atoms with Gasteiger partial charge in [0.15, 0.2) is 0 Å². The Morgan fingerprint density at radius 1 is 1.31 bits per heavy atom. The Hall–Kier alpha value is -1.84. The van der Waals surface area contributed by atoms with Gasteiger partial charge in [0.05, 0.1) is 17.6 Å². The standard InChI is InChI=1S/C9H8N4/c1-2-4-8-7(3-1)11-9-12-10-5-6-13(8)9/h1-5H,6H2,(H,11,12). The van der Waals surface area contributed by atoms with Crippen LogP contribution in [0.25, 0.3) is 11.0 Å². The molecular weight excluding hydrogens is 164 g/mol. The Balaban J connectivity index is 2.37. The largest absolute Gasteiger partial charge is 0.303 e. The number of anilines is 1. The van der Waals surface area contributed by atoms with Crippen LogP contribution in [0.5, 0.6) is 0 Å². The molecule has 0 radical (unpaired) electrons. The van der Waals surface area contributed by atoms with E-state index in [1.165, 1.54) is 0 Å². The molecule has 64 valence electrons. The second-order valence-corrected chi connectivity index (χ2v) is 2.96. The van der Waals surface area contributed by atoms with Gasteiger partial charge in [0.2, 0.25) is 5.95 Å². The van der Waals surface area contributed by atoms with Gasteiger partial charge in [-0.25, -0.2) is 10.4 Å². The van der Waals surface area contributed by atoms with Crippen molar-refractivity contribution < 1.29 is 0 Å². The molecule has 13 heavy (non-hydrogen) atoms. The maximum absolute atomic E-state index is 4.39. The van der Waals surface area contributed by atoms with E-state index in [-0.39, 0.29) is 0 Å². The number of hydrogen-bond donors (Lipinski definition) is 1. The Kier molecular flexibility index (Phi) is 1.19. The monoisotopic (exact) mass is 172 g/mol. The summed E-state index contributed by atoms with van der Waals surface area (Å²) in [5.74, 6) is 0.823. The average molecular weight is 172 g/mol. The molecule has 1 aromatic carbocycles. The number of aromatic nitrogens is 2. The Bertz CT molecular complexity index is 483. The van der Waals surface area contributed by atoms with Crippen LogP contribution in [0.15, 0.2) is 29.4 Å². The number of nitrogens with one attached hydrogen (secondary N) is 1. The number of benzene rings is 1. The minimum Gasteiger partial charge on any atom is -0.303 e. The summed E-state index contributed by atoms with van der Waals surface area (Å²) >= 11 is 0. The molecule has 1 aliphatic heterocycles. The molecule has 3 rings (SSSR count). The molecule has 4 heteroatoms. The maximum Gasteiger partial charge on any atom is 0.225 e. The highest BCUT2D eigenvalue weighted by Gasteiger charge is 2.10.